The van der Waals surface area contributed by atoms with Crippen LogP contribution in [0.5, 0.6) is 23.0 Å². The highest BCUT2D eigenvalue weighted by Gasteiger charge is 2.28. The number of ether oxygens (including phenoxy) is 2. The molecule has 8 bridgehead atoms. The summed E-state index contributed by atoms with van der Waals surface area (Å²) in [5, 5.41) is 43.3. The summed E-state index contributed by atoms with van der Waals surface area (Å²) in [4.78, 5) is 0. The van der Waals surface area contributed by atoms with Gasteiger partial charge < -0.3 is 19.7 Å². The zero-order valence-electron chi connectivity index (χ0n) is 40.1. The van der Waals surface area contributed by atoms with Crippen molar-refractivity contribution in [2.45, 2.75) is 182 Å². The van der Waals surface area contributed by atoms with Crippen molar-refractivity contribution >= 4 is 0 Å². The summed E-state index contributed by atoms with van der Waals surface area (Å²) in [5.74, 6) is 2.19. The molecule has 0 amide bonds. The van der Waals surface area contributed by atoms with Crippen molar-refractivity contribution in [2.24, 2.45) is 0 Å². The second kappa shape index (κ2) is 19.6. The van der Waals surface area contributed by atoms with Gasteiger partial charge in [0.2, 0.25) is 0 Å². The minimum atomic E-state index is -0.189. The molecule has 4 aromatic rings. The SMILES string of the molecule is CC(C)(C)c1cc2c(O)c(c1)Cc1cc(C(C)(C)C)cc(c1OCCCCCC#N)Cc1cc(C(C)(C)C)cc(c1O)Cc1cc(C(C)(C)C)cc(c1OCCCCCC#N)C2. The number of fused-ring (bicyclic) bond motifs is 8. The third-order valence-electron chi connectivity index (χ3n) is 12.4. The van der Waals surface area contributed by atoms with Crippen molar-refractivity contribution in [3.8, 4) is 35.1 Å². The summed E-state index contributed by atoms with van der Waals surface area (Å²) >= 11 is 0. The Morgan fingerprint density at radius 1 is 0.403 bits per heavy atom. The van der Waals surface area contributed by atoms with Crippen LogP contribution in [-0.2, 0) is 47.3 Å². The van der Waals surface area contributed by atoms with Crippen LogP contribution in [0.25, 0.3) is 0 Å². The molecule has 2 N–H and O–H groups in total. The van der Waals surface area contributed by atoms with Gasteiger partial charge in [0.15, 0.2) is 0 Å². The largest absolute Gasteiger partial charge is 0.507 e. The minimum Gasteiger partial charge on any atom is -0.507 e. The van der Waals surface area contributed by atoms with Crippen LogP contribution in [0.15, 0.2) is 48.5 Å². The lowest BCUT2D eigenvalue weighted by molar-refractivity contribution is 0.299. The summed E-state index contributed by atoms with van der Waals surface area (Å²) in [6, 6.07) is 22.3. The fourth-order valence-electron chi connectivity index (χ4n) is 8.33. The smallest absolute Gasteiger partial charge is 0.126 e. The van der Waals surface area contributed by atoms with Crippen molar-refractivity contribution in [1.29, 1.82) is 10.5 Å². The normalized spacial score (nSPS) is 13.3. The Kier molecular flexibility index (Phi) is 15.2. The van der Waals surface area contributed by atoms with Crippen molar-refractivity contribution < 1.29 is 19.7 Å². The van der Waals surface area contributed by atoms with Crippen molar-refractivity contribution in [1.82, 2.24) is 0 Å². The van der Waals surface area contributed by atoms with Crippen LogP contribution in [0.4, 0.5) is 0 Å². The number of phenolic OH excluding ortho intramolecular Hbond substituents is 2. The first-order valence-electron chi connectivity index (χ1n) is 23.0. The molecule has 1 aliphatic rings. The lowest BCUT2D eigenvalue weighted by atomic mass is 9.79. The molecule has 0 fully saturated rings. The number of unbranched alkanes of at least 4 members (excludes halogenated alkanes) is 6. The van der Waals surface area contributed by atoms with Gasteiger partial charge in [-0.2, -0.15) is 10.5 Å². The van der Waals surface area contributed by atoms with Crippen LogP contribution in [0.2, 0.25) is 0 Å². The second-order valence-corrected chi connectivity index (χ2v) is 21.9. The number of aromatic hydroxyl groups is 2. The molecule has 6 heteroatoms. The lowest BCUT2D eigenvalue weighted by Crippen LogP contribution is -2.17. The number of hydrogen-bond acceptors (Lipinski definition) is 6. The third-order valence-corrected chi connectivity index (χ3v) is 12.4. The topological polar surface area (TPSA) is 106 Å². The maximum Gasteiger partial charge on any atom is 0.126 e. The average molecular weight is 839 g/mol. The van der Waals surface area contributed by atoms with Crippen LogP contribution >= 0.6 is 0 Å². The molecule has 0 unspecified atom stereocenters. The van der Waals surface area contributed by atoms with E-state index in [1.807, 2.05) is 0 Å². The average Bonchev–Trinajstić information content (AvgIpc) is 3.16. The monoisotopic (exact) mass is 839 g/mol. The summed E-state index contributed by atoms with van der Waals surface area (Å²) in [5.41, 5.74) is 11.3. The van der Waals surface area contributed by atoms with E-state index < -0.39 is 0 Å². The molecule has 0 spiro atoms. The van der Waals surface area contributed by atoms with E-state index in [2.05, 4.69) is 144 Å². The highest BCUT2D eigenvalue weighted by molar-refractivity contribution is 5.59. The maximum absolute atomic E-state index is 12.5. The molecule has 0 saturated carbocycles. The van der Waals surface area contributed by atoms with Crippen LogP contribution in [0.1, 0.15) is 201 Å². The Bertz CT molecular complexity index is 2030. The summed E-state index contributed by atoms with van der Waals surface area (Å²) in [7, 11) is 0. The Balaban J connectivity index is 1.86. The van der Waals surface area contributed by atoms with Gasteiger partial charge in [-0.25, -0.2) is 0 Å². The maximum atomic E-state index is 12.5. The molecule has 4 aromatic carbocycles. The Hall–Kier alpha value is -4.94. The van der Waals surface area contributed by atoms with E-state index in [0.717, 1.165) is 106 Å². The van der Waals surface area contributed by atoms with Gasteiger partial charge in [-0.1, -0.05) is 132 Å². The third kappa shape index (κ3) is 12.2. The highest BCUT2D eigenvalue weighted by Crippen LogP contribution is 2.44. The molecular weight excluding hydrogens is 765 g/mol. The molecule has 6 nitrogen and oxygen atoms in total. The highest BCUT2D eigenvalue weighted by atomic mass is 16.5. The van der Waals surface area contributed by atoms with Gasteiger partial charge in [0.25, 0.3) is 0 Å². The van der Waals surface area contributed by atoms with Gasteiger partial charge >= 0.3 is 0 Å². The summed E-state index contributed by atoms with van der Waals surface area (Å²) in [6.07, 6.45) is 8.03. The Morgan fingerprint density at radius 2 is 0.645 bits per heavy atom. The molecular formula is C56H74N2O4. The van der Waals surface area contributed by atoms with Crippen LogP contribution < -0.4 is 9.47 Å². The predicted octanol–water partition coefficient (Wildman–Crippen LogP) is 13.9. The van der Waals surface area contributed by atoms with Crippen LogP contribution in [-0.4, -0.2) is 23.4 Å². The molecule has 0 aromatic heterocycles. The minimum absolute atomic E-state index is 0.180. The van der Waals surface area contributed by atoms with Gasteiger partial charge in [0.1, 0.15) is 23.0 Å². The first-order valence-corrected chi connectivity index (χ1v) is 23.0. The molecule has 0 atom stereocenters. The van der Waals surface area contributed by atoms with Crippen molar-refractivity contribution in [3.63, 3.8) is 0 Å². The van der Waals surface area contributed by atoms with Crippen LogP contribution in [0.3, 0.4) is 0 Å². The van der Waals surface area contributed by atoms with E-state index in [0.29, 0.717) is 51.7 Å². The zero-order valence-corrected chi connectivity index (χ0v) is 40.1. The fourth-order valence-corrected chi connectivity index (χ4v) is 8.33. The fraction of sp³-hybridized carbons (Fsp3) is 0.536. The number of benzene rings is 4. The summed E-state index contributed by atoms with van der Waals surface area (Å²) < 4.78 is 13.7. The molecule has 332 valence electrons. The van der Waals surface area contributed by atoms with Gasteiger partial charge in [0.05, 0.1) is 25.4 Å². The summed E-state index contributed by atoms with van der Waals surface area (Å²) in [6.45, 7) is 27.7. The molecule has 0 radical (unpaired) electrons. The molecule has 0 heterocycles. The van der Waals surface area contributed by atoms with E-state index in [1.54, 1.807) is 0 Å². The van der Waals surface area contributed by atoms with Crippen molar-refractivity contribution in [2.75, 3.05) is 13.2 Å². The van der Waals surface area contributed by atoms with E-state index in [9.17, 15) is 10.2 Å². The van der Waals surface area contributed by atoms with E-state index in [1.165, 1.54) is 11.1 Å². The Morgan fingerprint density at radius 3 is 0.871 bits per heavy atom. The molecule has 0 aliphatic heterocycles. The molecule has 5 rings (SSSR count). The van der Waals surface area contributed by atoms with E-state index in [4.69, 9.17) is 20.0 Å². The lowest BCUT2D eigenvalue weighted by Gasteiger charge is -2.28. The van der Waals surface area contributed by atoms with Gasteiger partial charge in [-0.05, 0) is 127 Å². The van der Waals surface area contributed by atoms with Crippen LogP contribution in [0, 0.1) is 22.7 Å². The second-order valence-electron chi connectivity index (χ2n) is 21.9. The molecule has 62 heavy (non-hydrogen) atoms. The van der Waals surface area contributed by atoms with E-state index >= 15 is 0 Å². The van der Waals surface area contributed by atoms with Gasteiger partial charge in [0, 0.05) is 38.5 Å². The number of rotatable bonds is 12. The number of nitrogens with zero attached hydrogens (tertiary/aromatic N) is 2. The van der Waals surface area contributed by atoms with E-state index in [-0.39, 0.29) is 33.2 Å². The predicted molar refractivity (Wildman–Crippen MR) is 254 cm³/mol. The number of phenols is 2. The molecule has 0 saturated heterocycles. The quantitative estimate of drug-likeness (QED) is 0.121. The van der Waals surface area contributed by atoms with Crippen molar-refractivity contribution in [3.05, 3.63) is 115 Å². The standard InChI is InChI=1S/C56H74N2O4/c1-53(2,3)45-29-37-25-41-33-47(55(7,8)9)35-43(51(41)61-23-19-15-13-17-21-57)27-39-31-46(54(4,5)6)32-40(50(39)60)28-44-36-48(56(10,11)12)34-42(26-38(30-45)49(37)59)52(44)62-24-20-16-14-18-22-58/h29-36,59-60H,13-20,23-28H2,1-12H3. The number of nitriles is 2. The van der Waals surface area contributed by atoms with Gasteiger partial charge in [-0.15, -0.1) is 0 Å². The molecule has 1 aliphatic carbocycles. The zero-order chi connectivity index (χ0) is 45.6. The first-order chi connectivity index (χ1) is 29.0. The number of hydrogen-bond donors (Lipinski definition) is 2. The Labute approximate surface area is 374 Å². The first kappa shape index (κ1) is 48.1. The van der Waals surface area contributed by atoms with Gasteiger partial charge in [-0.3, -0.25) is 0 Å².